The Hall–Kier alpha value is -1.92. The van der Waals surface area contributed by atoms with Crippen LogP contribution in [0.3, 0.4) is 0 Å². The van der Waals surface area contributed by atoms with Crippen LogP contribution in [0, 0.1) is 0 Å². The molecule has 1 aliphatic rings. The largest absolute Gasteiger partial charge is 0.341 e. The second-order valence-corrected chi connectivity index (χ2v) is 6.29. The molecule has 1 aromatic heterocycles. The number of nitrogens with zero attached hydrogens (tertiary/aromatic N) is 3. The number of benzene rings is 1. The summed E-state index contributed by atoms with van der Waals surface area (Å²) in [7, 11) is 0. The standard InChI is InChI=1S/C17H21ClN4O2/c18-14-7-5-13(6-8-14)17-20-15(24-21-17)3-1-4-16(23)22-11-2-9-19-10-12-22/h5-8,19H,1-4,9-12H2. The average molecular weight is 349 g/mol. The van der Waals surface area contributed by atoms with Crippen molar-refractivity contribution in [1.29, 1.82) is 0 Å². The van der Waals surface area contributed by atoms with Crippen LogP contribution >= 0.6 is 11.6 Å². The van der Waals surface area contributed by atoms with E-state index in [1.165, 1.54) is 0 Å². The zero-order valence-electron chi connectivity index (χ0n) is 13.5. The van der Waals surface area contributed by atoms with Gasteiger partial charge in [0, 0.05) is 43.1 Å². The minimum Gasteiger partial charge on any atom is -0.341 e. The van der Waals surface area contributed by atoms with Gasteiger partial charge in [-0.3, -0.25) is 4.79 Å². The summed E-state index contributed by atoms with van der Waals surface area (Å²) in [5, 5.41) is 7.95. The molecule has 24 heavy (non-hydrogen) atoms. The number of carbonyl (C=O) groups is 1. The summed E-state index contributed by atoms with van der Waals surface area (Å²) in [5.41, 5.74) is 0.863. The van der Waals surface area contributed by atoms with Gasteiger partial charge in [0.1, 0.15) is 0 Å². The molecule has 1 aliphatic heterocycles. The lowest BCUT2D eigenvalue weighted by molar-refractivity contribution is -0.131. The Labute approximate surface area is 146 Å². The van der Waals surface area contributed by atoms with Crippen molar-refractivity contribution in [3.8, 4) is 11.4 Å². The average Bonchev–Trinajstić information content (AvgIpc) is 2.89. The lowest BCUT2D eigenvalue weighted by Gasteiger charge is -2.19. The first-order valence-electron chi connectivity index (χ1n) is 8.29. The van der Waals surface area contributed by atoms with Crippen molar-refractivity contribution in [2.24, 2.45) is 0 Å². The summed E-state index contributed by atoms with van der Waals surface area (Å²) in [6, 6.07) is 7.30. The monoisotopic (exact) mass is 348 g/mol. The molecule has 3 rings (SSSR count). The second-order valence-electron chi connectivity index (χ2n) is 5.86. The molecule has 0 unspecified atom stereocenters. The topological polar surface area (TPSA) is 71.3 Å². The molecule has 0 spiro atoms. The van der Waals surface area contributed by atoms with Crippen LogP contribution in [0.5, 0.6) is 0 Å². The van der Waals surface area contributed by atoms with E-state index >= 15 is 0 Å². The molecule has 2 aromatic rings. The molecule has 1 fully saturated rings. The number of nitrogens with one attached hydrogen (secondary N) is 1. The smallest absolute Gasteiger partial charge is 0.226 e. The normalized spacial score (nSPS) is 15.3. The van der Waals surface area contributed by atoms with Gasteiger partial charge in [-0.2, -0.15) is 4.98 Å². The van der Waals surface area contributed by atoms with E-state index in [4.69, 9.17) is 16.1 Å². The van der Waals surface area contributed by atoms with Crippen LogP contribution in [0.15, 0.2) is 28.8 Å². The number of aryl methyl sites for hydroxylation is 1. The molecule has 6 nitrogen and oxygen atoms in total. The van der Waals surface area contributed by atoms with Gasteiger partial charge < -0.3 is 14.7 Å². The lowest BCUT2D eigenvalue weighted by Crippen LogP contribution is -2.34. The second kappa shape index (κ2) is 8.26. The lowest BCUT2D eigenvalue weighted by atomic mass is 10.2. The maximum absolute atomic E-state index is 12.2. The summed E-state index contributed by atoms with van der Waals surface area (Å²) < 4.78 is 5.27. The zero-order valence-corrected chi connectivity index (χ0v) is 14.3. The van der Waals surface area contributed by atoms with Crippen LogP contribution in [0.4, 0.5) is 0 Å². The molecule has 0 bridgehead atoms. The molecule has 1 N–H and O–H groups in total. The van der Waals surface area contributed by atoms with E-state index in [1.54, 1.807) is 12.1 Å². The van der Waals surface area contributed by atoms with Crippen molar-refractivity contribution in [3.63, 3.8) is 0 Å². The van der Waals surface area contributed by atoms with E-state index in [0.717, 1.165) is 38.2 Å². The Balaban J connectivity index is 1.48. The van der Waals surface area contributed by atoms with Crippen molar-refractivity contribution < 1.29 is 9.32 Å². The Morgan fingerprint density at radius 3 is 2.92 bits per heavy atom. The number of carbonyl (C=O) groups excluding carboxylic acids is 1. The van der Waals surface area contributed by atoms with Crippen molar-refractivity contribution in [1.82, 2.24) is 20.4 Å². The van der Waals surface area contributed by atoms with Crippen LogP contribution in [0.2, 0.25) is 5.02 Å². The molecule has 0 aliphatic carbocycles. The Morgan fingerprint density at radius 2 is 2.08 bits per heavy atom. The molecular formula is C17H21ClN4O2. The maximum Gasteiger partial charge on any atom is 0.226 e. The van der Waals surface area contributed by atoms with Crippen LogP contribution in [0.25, 0.3) is 11.4 Å². The van der Waals surface area contributed by atoms with Gasteiger partial charge >= 0.3 is 0 Å². The summed E-state index contributed by atoms with van der Waals surface area (Å²) in [4.78, 5) is 18.5. The predicted molar refractivity (Wildman–Crippen MR) is 91.7 cm³/mol. The Kier molecular flexibility index (Phi) is 5.82. The first-order valence-corrected chi connectivity index (χ1v) is 8.67. The Morgan fingerprint density at radius 1 is 1.25 bits per heavy atom. The minimum atomic E-state index is 0.205. The molecule has 1 aromatic carbocycles. The fourth-order valence-corrected chi connectivity index (χ4v) is 2.84. The van der Waals surface area contributed by atoms with Crippen LogP contribution in [-0.2, 0) is 11.2 Å². The number of hydrogen-bond donors (Lipinski definition) is 1. The number of aromatic nitrogens is 2. The minimum absolute atomic E-state index is 0.205. The third-order valence-corrected chi connectivity index (χ3v) is 4.30. The first kappa shape index (κ1) is 16.9. The van der Waals surface area contributed by atoms with Gasteiger partial charge in [0.25, 0.3) is 0 Å². The van der Waals surface area contributed by atoms with Crippen molar-refractivity contribution in [2.45, 2.75) is 25.7 Å². The van der Waals surface area contributed by atoms with E-state index in [9.17, 15) is 4.79 Å². The van der Waals surface area contributed by atoms with Crippen LogP contribution < -0.4 is 5.32 Å². The summed E-state index contributed by atoms with van der Waals surface area (Å²) in [6.07, 6.45) is 2.85. The molecule has 2 heterocycles. The SMILES string of the molecule is O=C(CCCc1nc(-c2ccc(Cl)cc2)no1)N1CCCNCC1. The van der Waals surface area contributed by atoms with E-state index in [0.29, 0.717) is 36.0 Å². The van der Waals surface area contributed by atoms with Crippen LogP contribution in [0.1, 0.15) is 25.2 Å². The van der Waals surface area contributed by atoms with Crippen molar-refractivity contribution in [2.75, 3.05) is 26.2 Å². The fourth-order valence-electron chi connectivity index (χ4n) is 2.72. The van der Waals surface area contributed by atoms with E-state index < -0.39 is 0 Å². The maximum atomic E-state index is 12.2. The highest BCUT2D eigenvalue weighted by molar-refractivity contribution is 6.30. The molecule has 7 heteroatoms. The number of amides is 1. The highest BCUT2D eigenvalue weighted by Gasteiger charge is 2.15. The van der Waals surface area contributed by atoms with Crippen molar-refractivity contribution >= 4 is 17.5 Å². The van der Waals surface area contributed by atoms with Gasteiger partial charge in [0.15, 0.2) is 0 Å². The highest BCUT2D eigenvalue weighted by Crippen LogP contribution is 2.19. The molecule has 1 amide bonds. The summed E-state index contributed by atoms with van der Waals surface area (Å²) in [6.45, 7) is 3.49. The third kappa shape index (κ3) is 4.55. The molecule has 1 saturated heterocycles. The van der Waals surface area contributed by atoms with E-state index in [2.05, 4.69) is 15.5 Å². The van der Waals surface area contributed by atoms with Gasteiger partial charge in [-0.1, -0.05) is 16.8 Å². The van der Waals surface area contributed by atoms with Gasteiger partial charge in [0.05, 0.1) is 0 Å². The highest BCUT2D eigenvalue weighted by atomic mass is 35.5. The third-order valence-electron chi connectivity index (χ3n) is 4.04. The number of rotatable bonds is 5. The fraction of sp³-hybridized carbons (Fsp3) is 0.471. The molecule has 128 valence electrons. The van der Waals surface area contributed by atoms with Gasteiger partial charge in [-0.05, 0) is 43.7 Å². The molecule has 0 atom stereocenters. The molecule has 0 radical (unpaired) electrons. The van der Waals surface area contributed by atoms with Gasteiger partial charge in [-0.15, -0.1) is 0 Å². The quantitative estimate of drug-likeness (QED) is 0.899. The van der Waals surface area contributed by atoms with Gasteiger partial charge in [0.2, 0.25) is 17.6 Å². The number of halogens is 1. The van der Waals surface area contributed by atoms with Crippen molar-refractivity contribution in [3.05, 3.63) is 35.2 Å². The van der Waals surface area contributed by atoms with E-state index in [-0.39, 0.29) is 5.91 Å². The molecule has 0 saturated carbocycles. The first-order chi connectivity index (χ1) is 11.7. The van der Waals surface area contributed by atoms with Gasteiger partial charge in [-0.25, -0.2) is 0 Å². The zero-order chi connectivity index (χ0) is 16.8. The summed E-state index contributed by atoms with van der Waals surface area (Å²) >= 11 is 5.87. The Bertz CT molecular complexity index is 663. The summed E-state index contributed by atoms with van der Waals surface area (Å²) in [5.74, 6) is 1.31. The predicted octanol–water partition coefficient (Wildman–Crippen LogP) is 2.53. The van der Waals surface area contributed by atoms with E-state index in [1.807, 2.05) is 17.0 Å². The molecular weight excluding hydrogens is 328 g/mol. The van der Waals surface area contributed by atoms with Crippen LogP contribution in [-0.4, -0.2) is 47.1 Å². The number of hydrogen-bond acceptors (Lipinski definition) is 5.